The van der Waals surface area contributed by atoms with Gasteiger partial charge in [-0.1, -0.05) is 26.7 Å². The van der Waals surface area contributed by atoms with Crippen molar-refractivity contribution < 1.29 is 17.6 Å². The molecule has 120 valence electrons. The van der Waals surface area contributed by atoms with Crippen LogP contribution in [0.2, 0.25) is 0 Å². The molecule has 0 bridgehead atoms. The molecule has 0 amide bonds. The van der Waals surface area contributed by atoms with Gasteiger partial charge in [0.05, 0.1) is 5.56 Å². The Hall–Kier alpha value is -1.10. The Morgan fingerprint density at radius 3 is 2.29 bits per heavy atom. The molecule has 0 aliphatic rings. The lowest BCUT2D eigenvalue weighted by Crippen LogP contribution is -2.25. The summed E-state index contributed by atoms with van der Waals surface area (Å²) in [5, 5.41) is 3.14. The van der Waals surface area contributed by atoms with E-state index in [0.29, 0.717) is 17.5 Å². The molecular formula is C16H23F4N. The monoisotopic (exact) mass is 305 g/mol. The predicted octanol–water partition coefficient (Wildman–Crippen LogP) is 5.15. The molecule has 5 heteroatoms. The summed E-state index contributed by atoms with van der Waals surface area (Å²) in [6, 6.07) is 2.86. The summed E-state index contributed by atoms with van der Waals surface area (Å²) >= 11 is 0. The topological polar surface area (TPSA) is 12.0 Å². The van der Waals surface area contributed by atoms with Crippen LogP contribution in [0.5, 0.6) is 0 Å². The number of rotatable bonds is 7. The van der Waals surface area contributed by atoms with Gasteiger partial charge in [0, 0.05) is 12.6 Å². The lowest BCUT2D eigenvalue weighted by atomic mass is 10.0. The normalized spacial score (nSPS) is 13.7. The lowest BCUT2D eigenvalue weighted by Gasteiger charge is -2.15. The Morgan fingerprint density at radius 1 is 1.05 bits per heavy atom. The van der Waals surface area contributed by atoms with Crippen molar-refractivity contribution in [2.24, 2.45) is 5.92 Å². The average Bonchev–Trinajstić information content (AvgIpc) is 2.34. The van der Waals surface area contributed by atoms with E-state index in [2.05, 4.69) is 19.2 Å². The first-order chi connectivity index (χ1) is 9.68. The third-order valence-corrected chi connectivity index (χ3v) is 3.36. The molecule has 1 atom stereocenters. The van der Waals surface area contributed by atoms with Gasteiger partial charge in [-0.05, 0) is 43.0 Å². The third-order valence-electron chi connectivity index (χ3n) is 3.36. The number of halogens is 4. The van der Waals surface area contributed by atoms with Gasteiger partial charge in [0.1, 0.15) is 5.82 Å². The smallest absolute Gasteiger partial charge is 0.310 e. The molecule has 1 rings (SSSR count). The summed E-state index contributed by atoms with van der Waals surface area (Å²) < 4.78 is 51.1. The number of hydrogen-bond donors (Lipinski definition) is 1. The van der Waals surface area contributed by atoms with E-state index in [1.165, 1.54) is 0 Å². The van der Waals surface area contributed by atoms with Crippen LogP contribution in [0.3, 0.4) is 0 Å². The van der Waals surface area contributed by atoms with Crippen LogP contribution in [-0.2, 0) is 12.7 Å². The Kier molecular flexibility index (Phi) is 6.65. The quantitative estimate of drug-likeness (QED) is 0.687. The Labute approximate surface area is 123 Å². The van der Waals surface area contributed by atoms with Crippen molar-refractivity contribution in [3.8, 4) is 0 Å². The third kappa shape index (κ3) is 6.93. The molecule has 0 aliphatic carbocycles. The van der Waals surface area contributed by atoms with Crippen molar-refractivity contribution in [2.75, 3.05) is 0 Å². The van der Waals surface area contributed by atoms with Crippen LogP contribution in [0.4, 0.5) is 17.6 Å². The number of hydrogen-bond acceptors (Lipinski definition) is 1. The molecule has 0 aliphatic heterocycles. The summed E-state index contributed by atoms with van der Waals surface area (Å²) in [4.78, 5) is 0. The highest BCUT2D eigenvalue weighted by Gasteiger charge is 2.31. The van der Waals surface area contributed by atoms with Crippen LogP contribution in [0.15, 0.2) is 18.2 Å². The van der Waals surface area contributed by atoms with Crippen LogP contribution in [-0.4, -0.2) is 6.04 Å². The van der Waals surface area contributed by atoms with Crippen LogP contribution in [0, 0.1) is 11.7 Å². The minimum Gasteiger partial charge on any atom is -0.310 e. The van der Waals surface area contributed by atoms with Crippen LogP contribution >= 0.6 is 0 Å². The highest BCUT2D eigenvalue weighted by atomic mass is 19.4. The molecule has 1 nitrogen and oxygen atoms in total. The number of nitrogens with one attached hydrogen (secondary N) is 1. The van der Waals surface area contributed by atoms with Crippen molar-refractivity contribution in [3.63, 3.8) is 0 Å². The molecule has 1 unspecified atom stereocenters. The summed E-state index contributed by atoms with van der Waals surface area (Å²) in [6.45, 7) is 6.54. The van der Waals surface area contributed by atoms with E-state index >= 15 is 0 Å². The maximum absolute atomic E-state index is 13.2. The fourth-order valence-corrected chi connectivity index (χ4v) is 2.14. The van der Waals surface area contributed by atoms with Gasteiger partial charge in [0.25, 0.3) is 0 Å². The van der Waals surface area contributed by atoms with E-state index in [1.807, 2.05) is 6.92 Å². The van der Waals surface area contributed by atoms with E-state index in [1.54, 1.807) is 0 Å². The predicted molar refractivity (Wildman–Crippen MR) is 76.4 cm³/mol. The fourth-order valence-electron chi connectivity index (χ4n) is 2.14. The molecule has 1 aromatic carbocycles. The maximum Gasteiger partial charge on any atom is 0.416 e. The molecule has 0 saturated heterocycles. The first-order valence-corrected chi connectivity index (χ1v) is 7.28. The van der Waals surface area contributed by atoms with E-state index < -0.39 is 17.6 Å². The summed E-state index contributed by atoms with van der Waals surface area (Å²) in [7, 11) is 0. The zero-order chi connectivity index (χ0) is 16.0. The summed E-state index contributed by atoms with van der Waals surface area (Å²) in [5.74, 6) is -0.205. The van der Waals surface area contributed by atoms with Gasteiger partial charge < -0.3 is 5.32 Å². The lowest BCUT2D eigenvalue weighted by molar-refractivity contribution is -0.137. The Morgan fingerprint density at radius 2 is 1.71 bits per heavy atom. The standard InChI is InChI=1S/C16H23F4N/c1-11(2)5-4-6-12(3)21-10-13-7-14(16(18,19)20)9-15(17)8-13/h7-9,11-12,21H,4-6,10H2,1-3H3. The average molecular weight is 305 g/mol. The van der Waals surface area contributed by atoms with Gasteiger partial charge in [-0.3, -0.25) is 0 Å². The largest absolute Gasteiger partial charge is 0.416 e. The van der Waals surface area contributed by atoms with Gasteiger partial charge in [-0.25, -0.2) is 4.39 Å². The van der Waals surface area contributed by atoms with Gasteiger partial charge in [0.15, 0.2) is 0 Å². The van der Waals surface area contributed by atoms with Gasteiger partial charge in [-0.2, -0.15) is 13.2 Å². The van der Waals surface area contributed by atoms with Gasteiger partial charge in [-0.15, -0.1) is 0 Å². The summed E-state index contributed by atoms with van der Waals surface area (Å²) in [6.07, 6.45) is -1.35. The zero-order valence-electron chi connectivity index (χ0n) is 12.7. The maximum atomic E-state index is 13.2. The summed E-state index contributed by atoms with van der Waals surface area (Å²) in [5.41, 5.74) is -0.621. The molecule has 1 N–H and O–H groups in total. The molecule has 0 heterocycles. The SMILES string of the molecule is CC(C)CCCC(C)NCc1cc(F)cc(C(F)(F)F)c1. The van der Waals surface area contributed by atoms with Crippen LogP contribution in [0.1, 0.15) is 51.2 Å². The molecule has 21 heavy (non-hydrogen) atoms. The molecule has 0 spiro atoms. The molecule has 0 fully saturated rings. The minimum atomic E-state index is -4.51. The van der Waals surface area contributed by atoms with Crippen molar-refractivity contribution in [1.82, 2.24) is 5.32 Å². The molecular weight excluding hydrogens is 282 g/mol. The first-order valence-electron chi connectivity index (χ1n) is 7.28. The zero-order valence-corrected chi connectivity index (χ0v) is 12.7. The molecule has 0 saturated carbocycles. The molecule has 0 aromatic heterocycles. The van der Waals surface area contributed by atoms with Crippen molar-refractivity contribution in [1.29, 1.82) is 0 Å². The number of alkyl halides is 3. The molecule has 0 radical (unpaired) electrons. The van der Waals surface area contributed by atoms with Crippen LogP contribution < -0.4 is 5.32 Å². The fraction of sp³-hybridized carbons (Fsp3) is 0.625. The van der Waals surface area contributed by atoms with Crippen LogP contribution in [0.25, 0.3) is 0 Å². The second kappa shape index (κ2) is 7.78. The minimum absolute atomic E-state index is 0.196. The van der Waals surface area contributed by atoms with Crippen molar-refractivity contribution in [2.45, 2.75) is 58.8 Å². The van der Waals surface area contributed by atoms with Gasteiger partial charge >= 0.3 is 6.18 Å². The Balaban J connectivity index is 2.53. The van der Waals surface area contributed by atoms with E-state index in [0.717, 1.165) is 31.4 Å². The first kappa shape index (κ1) is 18.0. The highest BCUT2D eigenvalue weighted by Crippen LogP contribution is 2.30. The van der Waals surface area contributed by atoms with Crippen molar-refractivity contribution in [3.05, 3.63) is 35.1 Å². The Bertz CT molecular complexity index is 440. The van der Waals surface area contributed by atoms with E-state index in [-0.39, 0.29) is 12.6 Å². The number of benzene rings is 1. The van der Waals surface area contributed by atoms with Crippen molar-refractivity contribution >= 4 is 0 Å². The second-order valence-corrected chi connectivity index (χ2v) is 5.95. The van der Waals surface area contributed by atoms with E-state index in [4.69, 9.17) is 0 Å². The van der Waals surface area contributed by atoms with E-state index in [9.17, 15) is 17.6 Å². The van der Waals surface area contributed by atoms with Gasteiger partial charge in [0.2, 0.25) is 0 Å². The second-order valence-electron chi connectivity index (χ2n) is 5.95. The molecule has 1 aromatic rings. The highest BCUT2D eigenvalue weighted by molar-refractivity contribution is 5.26.